The third-order valence-corrected chi connectivity index (χ3v) is 4.15. The molecule has 1 fully saturated rings. The van der Waals surface area contributed by atoms with Gasteiger partial charge >= 0.3 is 0 Å². The molecule has 0 N–H and O–H groups in total. The maximum Gasteiger partial charge on any atom is 0.0674 e. The number of rotatable bonds is 11. The first-order chi connectivity index (χ1) is 9.33. The summed E-state index contributed by atoms with van der Waals surface area (Å²) in [7, 11) is 0. The summed E-state index contributed by atoms with van der Waals surface area (Å²) in [6.45, 7) is 8.96. The first-order valence-electron chi connectivity index (χ1n) is 8.67. The second-order valence-corrected chi connectivity index (χ2v) is 6.16. The molecule has 0 aliphatic carbocycles. The van der Waals surface area contributed by atoms with Crippen molar-refractivity contribution in [3.05, 3.63) is 0 Å². The normalized spacial score (nSPS) is 20.8. The predicted molar refractivity (Wildman–Crippen MR) is 83.7 cm³/mol. The summed E-state index contributed by atoms with van der Waals surface area (Å²) in [5, 5.41) is 0. The third-order valence-electron chi connectivity index (χ3n) is 4.15. The Labute approximate surface area is 120 Å². The van der Waals surface area contributed by atoms with E-state index >= 15 is 0 Å². The summed E-state index contributed by atoms with van der Waals surface area (Å²) in [5.41, 5.74) is 0. The Morgan fingerprint density at radius 2 is 1.47 bits per heavy atom. The van der Waals surface area contributed by atoms with Crippen LogP contribution in [-0.2, 0) is 4.74 Å². The highest BCUT2D eigenvalue weighted by Crippen LogP contribution is 2.11. The smallest absolute Gasteiger partial charge is 0.0674 e. The second-order valence-electron chi connectivity index (χ2n) is 6.16. The molecule has 0 radical (unpaired) electrons. The molecule has 0 aromatic heterocycles. The summed E-state index contributed by atoms with van der Waals surface area (Å²) >= 11 is 0. The van der Waals surface area contributed by atoms with E-state index in [9.17, 15) is 0 Å². The SMILES string of the molecule is CCCCCCCCCCCCN1CCOC(C)C1. The van der Waals surface area contributed by atoms with Crippen LogP contribution in [0.25, 0.3) is 0 Å². The Bertz CT molecular complexity index is 196. The van der Waals surface area contributed by atoms with Gasteiger partial charge in [0.15, 0.2) is 0 Å². The van der Waals surface area contributed by atoms with Crippen molar-refractivity contribution in [2.75, 3.05) is 26.2 Å². The van der Waals surface area contributed by atoms with Crippen LogP contribution in [0.4, 0.5) is 0 Å². The molecule has 0 aromatic rings. The Morgan fingerprint density at radius 1 is 0.895 bits per heavy atom. The number of ether oxygens (including phenoxy) is 1. The minimum atomic E-state index is 0.442. The van der Waals surface area contributed by atoms with Gasteiger partial charge < -0.3 is 4.74 Å². The summed E-state index contributed by atoms with van der Waals surface area (Å²) < 4.78 is 5.57. The van der Waals surface area contributed by atoms with Gasteiger partial charge in [0.25, 0.3) is 0 Å². The van der Waals surface area contributed by atoms with Gasteiger partial charge in [0.05, 0.1) is 12.7 Å². The van der Waals surface area contributed by atoms with E-state index in [-0.39, 0.29) is 0 Å². The number of morpholine rings is 1. The lowest BCUT2D eigenvalue weighted by molar-refractivity contribution is -0.0186. The van der Waals surface area contributed by atoms with E-state index in [2.05, 4.69) is 18.7 Å². The van der Waals surface area contributed by atoms with E-state index in [0.717, 1.165) is 19.7 Å². The average Bonchev–Trinajstić information content (AvgIpc) is 2.41. The minimum Gasteiger partial charge on any atom is -0.376 e. The summed E-state index contributed by atoms with van der Waals surface area (Å²) in [4.78, 5) is 2.57. The van der Waals surface area contributed by atoms with Crippen LogP contribution in [0.5, 0.6) is 0 Å². The highest BCUT2D eigenvalue weighted by molar-refractivity contribution is 4.67. The lowest BCUT2D eigenvalue weighted by atomic mass is 10.1. The molecule has 1 unspecified atom stereocenters. The van der Waals surface area contributed by atoms with Crippen LogP contribution in [0.15, 0.2) is 0 Å². The monoisotopic (exact) mass is 269 g/mol. The highest BCUT2D eigenvalue weighted by atomic mass is 16.5. The van der Waals surface area contributed by atoms with E-state index in [1.807, 2.05) is 0 Å². The van der Waals surface area contributed by atoms with Gasteiger partial charge in [-0.05, 0) is 19.9 Å². The molecule has 0 spiro atoms. The molecule has 1 aliphatic rings. The molecule has 2 nitrogen and oxygen atoms in total. The minimum absolute atomic E-state index is 0.442. The first-order valence-corrected chi connectivity index (χ1v) is 8.67. The van der Waals surface area contributed by atoms with Crippen LogP contribution in [0, 0.1) is 0 Å². The Hall–Kier alpha value is -0.0800. The molecular weight excluding hydrogens is 234 g/mol. The molecule has 0 amide bonds. The van der Waals surface area contributed by atoms with Crippen molar-refractivity contribution in [2.24, 2.45) is 0 Å². The van der Waals surface area contributed by atoms with Gasteiger partial charge in [0, 0.05) is 13.1 Å². The third kappa shape index (κ3) is 9.45. The van der Waals surface area contributed by atoms with Crippen LogP contribution >= 0.6 is 0 Å². The maximum atomic E-state index is 5.57. The molecule has 1 rings (SSSR count). The Morgan fingerprint density at radius 3 is 2.05 bits per heavy atom. The fourth-order valence-corrected chi connectivity index (χ4v) is 2.92. The van der Waals surface area contributed by atoms with E-state index in [1.54, 1.807) is 0 Å². The van der Waals surface area contributed by atoms with Crippen molar-refractivity contribution in [2.45, 2.75) is 84.2 Å². The van der Waals surface area contributed by atoms with Crippen molar-refractivity contribution < 1.29 is 4.74 Å². The van der Waals surface area contributed by atoms with E-state index in [4.69, 9.17) is 4.74 Å². The number of nitrogens with zero attached hydrogens (tertiary/aromatic N) is 1. The Balaban J connectivity index is 1.78. The Kier molecular flexibility index (Phi) is 10.5. The summed E-state index contributed by atoms with van der Waals surface area (Å²) in [6.07, 6.45) is 14.7. The molecule has 2 heteroatoms. The maximum absolute atomic E-state index is 5.57. The fourth-order valence-electron chi connectivity index (χ4n) is 2.92. The van der Waals surface area contributed by atoms with E-state index in [1.165, 1.54) is 70.8 Å². The largest absolute Gasteiger partial charge is 0.376 e. The van der Waals surface area contributed by atoms with Crippen LogP contribution in [0.2, 0.25) is 0 Å². The molecule has 1 aliphatic heterocycles. The van der Waals surface area contributed by atoms with E-state index in [0.29, 0.717) is 6.10 Å². The zero-order valence-electron chi connectivity index (χ0n) is 13.3. The molecule has 114 valence electrons. The van der Waals surface area contributed by atoms with Crippen LogP contribution in [-0.4, -0.2) is 37.2 Å². The molecule has 19 heavy (non-hydrogen) atoms. The van der Waals surface area contributed by atoms with Gasteiger partial charge in [0.1, 0.15) is 0 Å². The van der Waals surface area contributed by atoms with Crippen LogP contribution in [0.3, 0.4) is 0 Å². The standard InChI is InChI=1S/C17H35NO/c1-3-4-5-6-7-8-9-10-11-12-13-18-14-15-19-17(2)16-18/h17H,3-16H2,1-2H3. The topological polar surface area (TPSA) is 12.5 Å². The molecule has 0 bridgehead atoms. The second kappa shape index (κ2) is 11.7. The van der Waals surface area contributed by atoms with Gasteiger partial charge in [-0.3, -0.25) is 4.90 Å². The van der Waals surface area contributed by atoms with Crippen molar-refractivity contribution in [3.63, 3.8) is 0 Å². The quantitative estimate of drug-likeness (QED) is 0.507. The molecule has 0 aromatic carbocycles. The first kappa shape index (κ1) is 17.0. The average molecular weight is 269 g/mol. The summed E-state index contributed by atoms with van der Waals surface area (Å²) in [6, 6.07) is 0. The van der Waals surface area contributed by atoms with Gasteiger partial charge in [-0.25, -0.2) is 0 Å². The van der Waals surface area contributed by atoms with Crippen molar-refractivity contribution in [3.8, 4) is 0 Å². The lowest BCUT2D eigenvalue weighted by Gasteiger charge is -2.30. The van der Waals surface area contributed by atoms with Gasteiger partial charge in [0.2, 0.25) is 0 Å². The predicted octanol–water partition coefficient (Wildman–Crippen LogP) is 4.63. The van der Waals surface area contributed by atoms with Crippen molar-refractivity contribution in [1.29, 1.82) is 0 Å². The molecular formula is C17H35NO. The summed E-state index contributed by atoms with van der Waals surface area (Å²) in [5.74, 6) is 0. The number of hydrogen-bond acceptors (Lipinski definition) is 2. The molecule has 1 saturated heterocycles. The van der Waals surface area contributed by atoms with Gasteiger partial charge in [-0.2, -0.15) is 0 Å². The van der Waals surface area contributed by atoms with Crippen LogP contribution in [0.1, 0.15) is 78.1 Å². The van der Waals surface area contributed by atoms with Crippen LogP contribution < -0.4 is 0 Å². The lowest BCUT2D eigenvalue weighted by Crippen LogP contribution is -2.41. The highest BCUT2D eigenvalue weighted by Gasteiger charge is 2.15. The molecule has 1 atom stereocenters. The zero-order valence-corrected chi connectivity index (χ0v) is 13.3. The fraction of sp³-hybridized carbons (Fsp3) is 1.00. The van der Waals surface area contributed by atoms with Gasteiger partial charge in [-0.15, -0.1) is 0 Å². The van der Waals surface area contributed by atoms with Gasteiger partial charge in [-0.1, -0.05) is 64.7 Å². The number of hydrogen-bond donors (Lipinski definition) is 0. The zero-order chi connectivity index (χ0) is 13.8. The van der Waals surface area contributed by atoms with E-state index < -0.39 is 0 Å². The molecule has 1 heterocycles. The number of unbranched alkanes of at least 4 members (excludes halogenated alkanes) is 9. The van der Waals surface area contributed by atoms with Crippen molar-refractivity contribution in [1.82, 2.24) is 4.90 Å². The molecule has 0 saturated carbocycles. The van der Waals surface area contributed by atoms with Crippen molar-refractivity contribution >= 4 is 0 Å².